The Morgan fingerprint density at radius 1 is 1.27 bits per heavy atom. The van der Waals surface area contributed by atoms with Gasteiger partial charge in [-0.3, -0.25) is 0 Å². The SMILES string of the molecule is CN1CCC(CCNC2CCNCC2)C1. The van der Waals surface area contributed by atoms with Crippen LogP contribution in [0.3, 0.4) is 0 Å². The van der Waals surface area contributed by atoms with Crippen molar-refractivity contribution in [1.82, 2.24) is 15.5 Å². The zero-order valence-corrected chi connectivity index (χ0v) is 9.97. The van der Waals surface area contributed by atoms with E-state index in [1.54, 1.807) is 0 Å². The molecule has 1 unspecified atom stereocenters. The Bertz CT molecular complexity index is 173. The van der Waals surface area contributed by atoms with Gasteiger partial charge in [0, 0.05) is 12.6 Å². The van der Waals surface area contributed by atoms with Crippen LogP contribution in [0, 0.1) is 5.92 Å². The first-order chi connectivity index (χ1) is 7.34. The summed E-state index contributed by atoms with van der Waals surface area (Å²) in [6.07, 6.45) is 5.40. The third kappa shape index (κ3) is 3.74. The lowest BCUT2D eigenvalue weighted by atomic mass is 10.0. The van der Waals surface area contributed by atoms with Crippen LogP contribution in [-0.2, 0) is 0 Å². The van der Waals surface area contributed by atoms with Crippen molar-refractivity contribution < 1.29 is 0 Å². The van der Waals surface area contributed by atoms with Crippen LogP contribution in [0.2, 0.25) is 0 Å². The van der Waals surface area contributed by atoms with Gasteiger partial charge in [0.25, 0.3) is 0 Å². The predicted molar refractivity (Wildman–Crippen MR) is 64.1 cm³/mol. The van der Waals surface area contributed by atoms with Crippen LogP contribution in [0.4, 0.5) is 0 Å². The molecule has 2 heterocycles. The largest absolute Gasteiger partial charge is 0.317 e. The topological polar surface area (TPSA) is 27.3 Å². The van der Waals surface area contributed by atoms with Gasteiger partial charge in [0.1, 0.15) is 0 Å². The summed E-state index contributed by atoms with van der Waals surface area (Å²) in [6, 6.07) is 0.783. The van der Waals surface area contributed by atoms with Gasteiger partial charge in [-0.15, -0.1) is 0 Å². The fourth-order valence-corrected chi connectivity index (χ4v) is 2.78. The third-order valence-corrected chi connectivity index (χ3v) is 3.81. The van der Waals surface area contributed by atoms with Gasteiger partial charge in [-0.05, 0) is 64.8 Å². The Kier molecular flexibility index (Phi) is 4.42. The molecule has 0 spiro atoms. The molecule has 2 aliphatic rings. The van der Waals surface area contributed by atoms with Gasteiger partial charge in [-0.25, -0.2) is 0 Å². The second kappa shape index (κ2) is 5.83. The highest BCUT2D eigenvalue weighted by Crippen LogP contribution is 2.17. The van der Waals surface area contributed by atoms with Crippen molar-refractivity contribution in [2.45, 2.75) is 31.7 Å². The van der Waals surface area contributed by atoms with Gasteiger partial charge in [-0.2, -0.15) is 0 Å². The Labute approximate surface area is 93.6 Å². The Morgan fingerprint density at radius 2 is 2.07 bits per heavy atom. The number of nitrogens with zero attached hydrogens (tertiary/aromatic N) is 1. The predicted octanol–water partition coefficient (Wildman–Crippen LogP) is 0.670. The van der Waals surface area contributed by atoms with E-state index in [4.69, 9.17) is 0 Å². The highest BCUT2D eigenvalue weighted by molar-refractivity contribution is 4.77. The minimum atomic E-state index is 0.783. The molecule has 0 aromatic rings. The quantitative estimate of drug-likeness (QED) is 0.716. The lowest BCUT2D eigenvalue weighted by molar-refractivity contribution is 0.357. The second-order valence-electron chi connectivity index (χ2n) is 5.18. The summed E-state index contributed by atoms with van der Waals surface area (Å²) in [5.41, 5.74) is 0. The van der Waals surface area contributed by atoms with Crippen LogP contribution in [0.1, 0.15) is 25.7 Å². The zero-order chi connectivity index (χ0) is 10.5. The molecule has 88 valence electrons. The average Bonchev–Trinajstić information content (AvgIpc) is 2.66. The number of likely N-dealkylation sites (tertiary alicyclic amines) is 1. The van der Waals surface area contributed by atoms with Crippen molar-refractivity contribution in [3.05, 3.63) is 0 Å². The van der Waals surface area contributed by atoms with E-state index in [-0.39, 0.29) is 0 Å². The lowest BCUT2D eigenvalue weighted by Crippen LogP contribution is -2.40. The second-order valence-corrected chi connectivity index (χ2v) is 5.18. The molecule has 0 bridgehead atoms. The van der Waals surface area contributed by atoms with E-state index in [1.807, 2.05) is 0 Å². The van der Waals surface area contributed by atoms with Gasteiger partial charge in [0.2, 0.25) is 0 Å². The summed E-state index contributed by atoms with van der Waals surface area (Å²) in [7, 11) is 2.24. The number of piperidine rings is 1. The van der Waals surface area contributed by atoms with E-state index >= 15 is 0 Å². The van der Waals surface area contributed by atoms with Gasteiger partial charge < -0.3 is 15.5 Å². The molecule has 2 N–H and O–H groups in total. The number of nitrogens with one attached hydrogen (secondary N) is 2. The van der Waals surface area contributed by atoms with Gasteiger partial charge >= 0.3 is 0 Å². The molecule has 0 aliphatic carbocycles. The standard InChI is InChI=1S/C12H25N3/c1-15-9-5-11(10-15)2-8-14-12-3-6-13-7-4-12/h11-14H,2-10H2,1H3. The van der Waals surface area contributed by atoms with Crippen molar-refractivity contribution in [3.63, 3.8) is 0 Å². The van der Waals surface area contributed by atoms with E-state index in [0.29, 0.717) is 0 Å². The molecule has 0 saturated carbocycles. The van der Waals surface area contributed by atoms with E-state index < -0.39 is 0 Å². The summed E-state index contributed by atoms with van der Waals surface area (Å²) in [5, 5.41) is 7.11. The number of hydrogen-bond donors (Lipinski definition) is 2. The lowest BCUT2D eigenvalue weighted by Gasteiger charge is -2.24. The average molecular weight is 211 g/mol. The minimum Gasteiger partial charge on any atom is -0.317 e. The molecule has 0 radical (unpaired) electrons. The molecule has 2 aliphatic heterocycles. The van der Waals surface area contributed by atoms with Crippen LogP contribution in [0.15, 0.2) is 0 Å². The van der Waals surface area contributed by atoms with Gasteiger partial charge in [0.15, 0.2) is 0 Å². The molecular weight excluding hydrogens is 186 g/mol. The first kappa shape index (κ1) is 11.4. The molecule has 2 saturated heterocycles. The molecule has 2 fully saturated rings. The highest BCUT2D eigenvalue weighted by atomic mass is 15.1. The summed E-state index contributed by atoms with van der Waals surface area (Å²) in [5.74, 6) is 0.948. The van der Waals surface area contributed by atoms with Gasteiger partial charge in [0.05, 0.1) is 0 Å². The van der Waals surface area contributed by atoms with Crippen molar-refractivity contribution >= 4 is 0 Å². The molecule has 0 aromatic heterocycles. The van der Waals surface area contributed by atoms with E-state index in [1.165, 1.54) is 58.4 Å². The minimum absolute atomic E-state index is 0.783. The Hall–Kier alpha value is -0.120. The van der Waals surface area contributed by atoms with E-state index in [0.717, 1.165) is 12.0 Å². The van der Waals surface area contributed by atoms with Crippen molar-refractivity contribution in [2.24, 2.45) is 5.92 Å². The van der Waals surface area contributed by atoms with Crippen molar-refractivity contribution in [3.8, 4) is 0 Å². The maximum absolute atomic E-state index is 3.70. The molecule has 3 nitrogen and oxygen atoms in total. The first-order valence-corrected chi connectivity index (χ1v) is 6.47. The third-order valence-electron chi connectivity index (χ3n) is 3.81. The molecular formula is C12H25N3. The maximum Gasteiger partial charge on any atom is 0.00912 e. The van der Waals surface area contributed by atoms with E-state index in [9.17, 15) is 0 Å². The molecule has 0 amide bonds. The van der Waals surface area contributed by atoms with Crippen LogP contribution < -0.4 is 10.6 Å². The Balaban J connectivity index is 1.54. The van der Waals surface area contributed by atoms with Crippen LogP contribution in [-0.4, -0.2) is 50.7 Å². The zero-order valence-electron chi connectivity index (χ0n) is 9.97. The Morgan fingerprint density at radius 3 is 2.73 bits per heavy atom. The maximum atomic E-state index is 3.70. The van der Waals surface area contributed by atoms with Crippen LogP contribution >= 0.6 is 0 Å². The normalized spacial score (nSPS) is 29.8. The summed E-state index contributed by atoms with van der Waals surface area (Å²) in [6.45, 7) is 6.24. The monoisotopic (exact) mass is 211 g/mol. The molecule has 3 heteroatoms. The highest BCUT2D eigenvalue weighted by Gasteiger charge is 2.19. The summed E-state index contributed by atoms with van der Waals surface area (Å²) >= 11 is 0. The fourth-order valence-electron chi connectivity index (χ4n) is 2.78. The first-order valence-electron chi connectivity index (χ1n) is 6.47. The number of rotatable bonds is 4. The number of hydrogen-bond acceptors (Lipinski definition) is 3. The summed E-state index contributed by atoms with van der Waals surface area (Å²) in [4.78, 5) is 2.45. The summed E-state index contributed by atoms with van der Waals surface area (Å²) < 4.78 is 0. The molecule has 15 heavy (non-hydrogen) atoms. The van der Waals surface area contributed by atoms with E-state index in [2.05, 4.69) is 22.6 Å². The van der Waals surface area contributed by atoms with Crippen molar-refractivity contribution in [1.29, 1.82) is 0 Å². The fraction of sp³-hybridized carbons (Fsp3) is 1.00. The molecule has 2 rings (SSSR count). The van der Waals surface area contributed by atoms with Crippen molar-refractivity contribution in [2.75, 3.05) is 39.8 Å². The molecule has 0 aromatic carbocycles. The van der Waals surface area contributed by atoms with Crippen LogP contribution in [0.25, 0.3) is 0 Å². The smallest absolute Gasteiger partial charge is 0.00912 e. The molecule has 1 atom stereocenters. The van der Waals surface area contributed by atoms with Gasteiger partial charge in [-0.1, -0.05) is 0 Å². The van der Waals surface area contributed by atoms with Crippen LogP contribution in [0.5, 0.6) is 0 Å².